The summed E-state index contributed by atoms with van der Waals surface area (Å²) in [7, 11) is 0. The zero-order valence-electron chi connectivity index (χ0n) is 14.1. The number of aryl methyl sites for hydroxylation is 1. The summed E-state index contributed by atoms with van der Waals surface area (Å²) in [6, 6.07) is 4.59. The molecule has 0 aromatic heterocycles. The smallest absolute Gasteiger partial charge is 0.0390 e. The third kappa shape index (κ3) is 1.84. The number of anilines is 1. The first-order valence-corrected chi connectivity index (χ1v) is 9.09. The molecule has 1 nitrogen and oxygen atoms in total. The van der Waals surface area contributed by atoms with Crippen LogP contribution in [0, 0.1) is 23.2 Å². The van der Waals surface area contributed by atoms with Gasteiger partial charge in [-0.3, -0.25) is 0 Å². The van der Waals surface area contributed by atoms with E-state index < -0.39 is 0 Å². The third-order valence-electron chi connectivity index (χ3n) is 7.62. The molecule has 0 saturated heterocycles. The highest BCUT2D eigenvalue weighted by Crippen LogP contribution is 2.62. The summed E-state index contributed by atoms with van der Waals surface area (Å²) >= 11 is 0. The number of hydrogen-bond acceptors (Lipinski definition) is 1. The van der Waals surface area contributed by atoms with Gasteiger partial charge < -0.3 is 5.73 Å². The van der Waals surface area contributed by atoms with Gasteiger partial charge in [0.05, 0.1) is 0 Å². The fraction of sp³-hybridized carbons (Fsp3) is 0.619. The minimum atomic E-state index is 0.605. The van der Waals surface area contributed by atoms with Crippen LogP contribution in [-0.4, -0.2) is 0 Å². The molecule has 0 aliphatic heterocycles. The second-order valence-electron chi connectivity index (χ2n) is 8.32. The van der Waals surface area contributed by atoms with Gasteiger partial charge in [0, 0.05) is 5.69 Å². The van der Waals surface area contributed by atoms with Crippen molar-refractivity contribution in [1.29, 1.82) is 0 Å². The van der Waals surface area contributed by atoms with E-state index in [0.717, 1.165) is 34.9 Å². The summed E-state index contributed by atoms with van der Waals surface area (Å²) in [4.78, 5) is 0. The first-order chi connectivity index (χ1) is 10.5. The summed E-state index contributed by atoms with van der Waals surface area (Å²) in [6.07, 6.45) is 10.2. The maximum Gasteiger partial charge on any atom is 0.0390 e. The third-order valence-corrected chi connectivity index (χ3v) is 7.62. The SMILES string of the molecule is C=Cc1cc2c(cc1N)CCC1C2CCC2(C)C(C)CCC12. The molecule has 22 heavy (non-hydrogen) atoms. The number of nitrogens with two attached hydrogens (primary N) is 1. The predicted molar refractivity (Wildman–Crippen MR) is 94.7 cm³/mol. The van der Waals surface area contributed by atoms with Crippen molar-refractivity contribution < 1.29 is 0 Å². The van der Waals surface area contributed by atoms with Gasteiger partial charge in [0.1, 0.15) is 0 Å². The van der Waals surface area contributed by atoms with Crippen molar-refractivity contribution in [2.24, 2.45) is 23.2 Å². The highest BCUT2D eigenvalue weighted by molar-refractivity contribution is 5.66. The average molecular weight is 295 g/mol. The average Bonchev–Trinajstić information content (AvgIpc) is 2.82. The molecule has 5 atom stereocenters. The van der Waals surface area contributed by atoms with E-state index in [1.165, 1.54) is 44.1 Å². The lowest BCUT2D eigenvalue weighted by atomic mass is 9.54. The van der Waals surface area contributed by atoms with Gasteiger partial charge in [-0.15, -0.1) is 0 Å². The normalized spacial score (nSPS) is 39.7. The molecule has 4 rings (SSSR count). The first kappa shape index (κ1) is 14.4. The molecule has 3 aliphatic rings. The van der Waals surface area contributed by atoms with Gasteiger partial charge in [-0.2, -0.15) is 0 Å². The monoisotopic (exact) mass is 295 g/mol. The molecule has 1 aromatic rings. The van der Waals surface area contributed by atoms with Crippen molar-refractivity contribution in [3.63, 3.8) is 0 Å². The van der Waals surface area contributed by atoms with Gasteiger partial charge in [-0.1, -0.05) is 26.5 Å². The van der Waals surface area contributed by atoms with Crippen LogP contribution in [0.15, 0.2) is 18.7 Å². The van der Waals surface area contributed by atoms with Crippen molar-refractivity contribution in [3.05, 3.63) is 35.4 Å². The molecule has 2 N–H and O–H groups in total. The lowest BCUT2D eigenvalue weighted by Crippen LogP contribution is -2.41. The Labute approximate surface area is 135 Å². The molecule has 1 aromatic carbocycles. The number of rotatable bonds is 1. The Morgan fingerprint density at radius 2 is 2.05 bits per heavy atom. The Morgan fingerprint density at radius 3 is 2.82 bits per heavy atom. The van der Waals surface area contributed by atoms with Crippen molar-refractivity contribution in [3.8, 4) is 0 Å². The van der Waals surface area contributed by atoms with Crippen molar-refractivity contribution >= 4 is 11.8 Å². The summed E-state index contributed by atoms with van der Waals surface area (Å²) < 4.78 is 0. The van der Waals surface area contributed by atoms with Gasteiger partial charge in [0.15, 0.2) is 0 Å². The highest BCUT2D eigenvalue weighted by atomic mass is 14.6. The standard InChI is InChI=1S/C21H29N/c1-4-14-11-18-15(12-20(14)22)6-7-17-16(18)9-10-21(3)13(2)5-8-19(17)21/h4,11-13,16-17,19H,1,5-10,22H2,2-3H3. The summed E-state index contributed by atoms with van der Waals surface area (Å²) in [6.45, 7) is 9.02. The Balaban J connectivity index is 1.74. The Bertz CT molecular complexity index is 617. The summed E-state index contributed by atoms with van der Waals surface area (Å²) in [5.74, 6) is 3.53. The van der Waals surface area contributed by atoms with Crippen LogP contribution in [-0.2, 0) is 6.42 Å². The van der Waals surface area contributed by atoms with Gasteiger partial charge in [0.2, 0.25) is 0 Å². The molecule has 3 aliphatic carbocycles. The maximum atomic E-state index is 6.18. The van der Waals surface area contributed by atoms with E-state index >= 15 is 0 Å². The minimum absolute atomic E-state index is 0.605. The molecule has 0 bridgehead atoms. The van der Waals surface area contributed by atoms with Crippen LogP contribution in [0.25, 0.3) is 6.08 Å². The molecular formula is C21H29N. The van der Waals surface area contributed by atoms with E-state index in [4.69, 9.17) is 5.73 Å². The molecular weight excluding hydrogens is 266 g/mol. The van der Waals surface area contributed by atoms with E-state index in [1.54, 1.807) is 5.56 Å². The van der Waals surface area contributed by atoms with Crippen LogP contribution in [0.1, 0.15) is 68.6 Å². The van der Waals surface area contributed by atoms with Crippen LogP contribution in [0.5, 0.6) is 0 Å². The zero-order valence-corrected chi connectivity index (χ0v) is 14.1. The fourth-order valence-corrected chi connectivity index (χ4v) is 6.10. The number of nitrogen functional groups attached to an aromatic ring is 1. The van der Waals surface area contributed by atoms with Crippen molar-refractivity contribution in [1.82, 2.24) is 0 Å². The van der Waals surface area contributed by atoms with Crippen LogP contribution >= 0.6 is 0 Å². The molecule has 2 fully saturated rings. The Hall–Kier alpha value is -1.24. The van der Waals surface area contributed by atoms with Crippen molar-refractivity contribution in [2.75, 3.05) is 5.73 Å². The molecule has 0 spiro atoms. The van der Waals surface area contributed by atoms with E-state index in [2.05, 4.69) is 32.6 Å². The Kier molecular flexibility index (Phi) is 3.18. The molecule has 118 valence electrons. The van der Waals surface area contributed by atoms with Gasteiger partial charge in [-0.05, 0) is 96.4 Å². The molecule has 0 heterocycles. The Morgan fingerprint density at radius 1 is 1.23 bits per heavy atom. The van der Waals surface area contributed by atoms with Crippen LogP contribution < -0.4 is 5.73 Å². The predicted octanol–water partition coefficient (Wildman–Crippen LogP) is 5.40. The second-order valence-corrected chi connectivity index (χ2v) is 8.32. The van der Waals surface area contributed by atoms with E-state index in [0.29, 0.717) is 5.41 Å². The van der Waals surface area contributed by atoms with E-state index in [9.17, 15) is 0 Å². The topological polar surface area (TPSA) is 26.0 Å². The number of hydrogen-bond donors (Lipinski definition) is 1. The van der Waals surface area contributed by atoms with Gasteiger partial charge in [-0.25, -0.2) is 0 Å². The first-order valence-electron chi connectivity index (χ1n) is 9.09. The highest BCUT2D eigenvalue weighted by Gasteiger charge is 2.53. The molecule has 0 amide bonds. The molecule has 5 unspecified atom stereocenters. The van der Waals surface area contributed by atoms with E-state index in [1.807, 2.05) is 6.08 Å². The fourth-order valence-electron chi connectivity index (χ4n) is 6.10. The molecule has 1 heteroatoms. The zero-order chi connectivity index (χ0) is 15.5. The summed E-state index contributed by atoms with van der Waals surface area (Å²) in [5, 5.41) is 0. The maximum absolute atomic E-state index is 6.18. The van der Waals surface area contributed by atoms with E-state index in [-0.39, 0.29) is 0 Å². The quantitative estimate of drug-likeness (QED) is 0.689. The van der Waals surface area contributed by atoms with Crippen molar-refractivity contribution in [2.45, 2.75) is 58.3 Å². The molecule has 0 radical (unpaired) electrons. The minimum Gasteiger partial charge on any atom is -0.398 e. The van der Waals surface area contributed by atoms with Gasteiger partial charge >= 0.3 is 0 Å². The molecule has 2 saturated carbocycles. The van der Waals surface area contributed by atoms with Crippen LogP contribution in [0.4, 0.5) is 5.69 Å². The number of fused-ring (bicyclic) bond motifs is 5. The second kappa shape index (κ2) is 4.88. The lowest BCUT2D eigenvalue weighted by molar-refractivity contribution is 0.0337. The number of benzene rings is 1. The van der Waals surface area contributed by atoms with Crippen LogP contribution in [0.2, 0.25) is 0 Å². The van der Waals surface area contributed by atoms with Gasteiger partial charge in [0.25, 0.3) is 0 Å². The lowest BCUT2D eigenvalue weighted by Gasteiger charge is -2.50. The van der Waals surface area contributed by atoms with Crippen LogP contribution in [0.3, 0.4) is 0 Å². The largest absolute Gasteiger partial charge is 0.398 e. The summed E-state index contributed by atoms with van der Waals surface area (Å²) in [5.41, 5.74) is 11.9.